The van der Waals surface area contributed by atoms with Crippen molar-refractivity contribution in [1.29, 1.82) is 0 Å². The van der Waals surface area contributed by atoms with Gasteiger partial charge in [-0.25, -0.2) is 0 Å². The van der Waals surface area contributed by atoms with E-state index in [2.05, 4.69) is 16.1 Å². The molecule has 0 spiro atoms. The van der Waals surface area contributed by atoms with Gasteiger partial charge in [0.15, 0.2) is 0 Å². The average Bonchev–Trinajstić information content (AvgIpc) is 2.54. The second-order valence-electron chi connectivity index (χ2n) is 4.19. The molecule has 0 aliphatic carbocycles. The zero-order valence-corrected chi connectivity index (χ0v) is 8.58. The number of rotatable bonds is 2. The largest absolute Gasteiger partial charge is 0.469 e. The summed E-state index contributed by atoms with van der Waals surface area (Å²) in [5, 5.41) is 3.56. The molecule has 2 atom stereocenters. The molecule has 78 valence electrons. The number of hydrogen-bond donors (Lipinski definition) is 1. The van der Waals surface area contributed by atoms with Gasteiger partial charge in [-0.15, -0.1) is 0 Å². The Morgan fingerprint density at radius 1 is 1.50 bits per heavy atom. The Labute approximate surface area is 84.5 Å². The lowest BCUT2D eigenvalue weighted by Gasteiger charge is -2.23. The van der Waals surface area contributed by atoms with Crippen LogP contribution in [0.1, 0.15) is 32.1 Å². The molecule has 2 fully saturated rings. The first kappa shape index (κ1) is 9.71. The number of nitrogens with one attached hydrogen (secondary N) is 1. The van der Waals surface area contributed by atoms with Crippen LogP contribution in [0.3, 0.4) is 0 Å². The summed E-state index contributed by atoms with van der Waals surface area (Å²) >= 11 is 0. The lowest BCUT2D eigenvalue weighted by Crippen LogP contribution is -2.34. The molecule has 0 aromatic heterocycles. The van der Waals surface area contributed by atoms with Crippen LogP contribution in [0, 0.1) is 0 Å². The fourth-order valence-electron chi connectivity index (χ4n) is 2.42. The van der Waals surface area contributed by atoms with E-state index >= 15 is 0 Å². The van der Waals surface area contributed by atoms with Crippen LogP contribution < -0.4 is 5.32 Å². The van der Waals surface area contributed by atoms with Gasteiger partial charge in [-0.1, -0.05) is 11.6 Å². The van der Waals surface area contributed by atoms with Crippen molar-refractivity contribution in [3.63, 3.8) is 0 Å². The molecule has 2 aliphatic rings. The maximum atomic E-state index is 11.0. The number of carbonyl (C=O) groups excluding carboxylic acids is 1. The zero-order valence-electron chi connectivity index (χ0n) is 8.58. The molecule has 2 bridgehead atoms. The van der Waals surface area contributed by atoms with Crippen molar-refractivity contribution in [2.45, 2.75) is 44.2 Å². The van der Waals surface area contributed by atoms with Crippen LogP contribution in [-0.4, -0.2) is 25.2 Å². The Morgan fingerprint density at radius 2 is 2.14 bits per heavy atom. The van der Waals surface area contributed by atoms with E-state index in [1.54, 1.807) is 0 Å². The number of piperidine rings is 1. The van der Waals surface area contributed by atoms with Crippen molar-refractivity contribution in [3.8, 4) is 0 Å². The molecule has 2 saturated heterocycles. The van der Waals surface area contributed by atoms with Gasteiger partial charge in [0.2, 0.25) is 0 Å². The van der Waals surface area contributed by atoms with E-state index in [0.29, 0.717) is 18.5 Å². The van der Waals surface area contributed by atoms with Gasteiger partial charge in [0.05, 0.1) is 13.5 Å². The van der Waals surface area contributed by atoms with Crippen molar-refractivity contribution < 1.29 is 9.53 Å². The molecule has 2 aliphatic heterocycles. The SMILES string of the molecule is COC(=O)CC=C1CC2CCC(C1)N2. The van der Waals surface area contributed by atoms with Gasteiger partial charge in [-0.2, -0.15) is 0 Å². The fraction of sp³-hybridized carbons (Fsp3) is 0.727. The monoisotopic (exact) mass is 195 g/mol. The molecule has 0 saturated carbocycles. The van der Waals surface area contributed by atoms with Crippen molar-refractivity contribution in [3.05, 3.63) is 11.6 Å². The summed E-state index contributed by atoms with van der Waals surface area (Å²) in [5.41, 5.74) is 1.43. The molecule has 2 unspecified atom stereocenters. The second-order valence-corrected chi connectivity index (χ2v) is 4.19. The highest BCUT2D eigenvalue weighted by Crippen LogP contribution is 2.30. The van der Waals surface area contributed by atoms with E-state index in [9.17, 15) is 4.79 Å². The van der Waals surface area contributed by atoms with Gasteiger partial charge in [-0.05, 0) is 25.7 Å². The standard InChI is InChI=1S/C11H17NO2/c1-14-11(13)5-2-8-6-9-3-4-10(7-8)12-9/h2,9-10,12H,3-7H2,1H3. The highest BCUT2D eigenvalue weighted by molar-refractivity contribution is 5.71. The van der Waals surface area contributed by atoms with Crippen LogP contribution in [0.15, 0.2) is 11.6 Å². The summed E-state index contributed by atoms with van der Waals surface area (Å²) in [6.07, 6.45) is 7.31. The quantitative estimate of drug-likeness (QED) is 0.534. The number of ether oxygens (including phenoxy) is 1. The molecule has 2 heterocycles. The predicted octanol–water partition coefficient (Wildman–Crippen LogP) is 1.39. The molecule has 3 nitrogen and oxygen atoms in total. The number of fused-ring (bicyclic) bond motifs is 2. The second kappa shape index (κ2) is 4.13. The molecule has 0 radical (unpaired) electrons. The minimum absolute atomic E-state index is 0.136. The summed E-state index contributed by atoms with van der Waals surface area (Å²) in [5.74, 6) is -0.136. The Bertz CT molecular complexity index is 246. The number of carbonyl (C=O) groups is 1. The molecule has 0 aromatic carbocycles. The van der Waals surface area contributed by atoms with E-state index in [-0.39, 0.29) is 5.97 Å². The van der Waals surface area contributed by atoms with Crippen LogP contribution >= 0.6 is 0 Å². The number of methoxy groups -OCH3 is 1. The first-order valence-corrected chi connectivity index (χ1v) is 5.28. The van der Waals surface area contributed by atoms with E-state index in [0.717, 1.165) is 12.8 Å². The van der Waals surface area contributed by atoms with Crippen LogP contribution in [0.25, 0.3) is 0 Å². The normalized spacial score (nSPS) is 30.2. The van der Waals surface area contributed by atoms with E-state index in [4.69, 9.17) is 0 Å². The minimum atomic E-state index is -0.136. The van der Waals surface area contributed by atoms with Crippen molar-refractivity contribution in [1.82, 2.24) is 5.32 Å². The van der Waals surface area contributed by atoms with E-state index in [1.165, 1.54) is 25.5 Å². The van der Waals surface area contributed by atoms with Crippen molar-refractivity contribution in [2.75, 3.05) is 7.11 Å². The Morgan fingerprint density at radius 3 is 2.71 bits per heavy atom. The van der Waals surface area contributed by atoms with Crippen molar-refractivity contribution in [2.24, 2.45) is 0 Å². The molecule has 0 amide bonds. The lowest BCUT2D eigenvalue weighted by molar-refractivity contribution is -0.139. The molecular weight excluding hydrogens is 178 g/mol. The first-order chi connectivity index (χ1) is 6.78. The topological polar surface area (TPSA) is 38.3 Å². The number of hydrogen-bond acceptors (Lipinski definition) is 3. The first-order valence-electron chi connectivity index (χ1n) is 5.28. The van der Waals surface area contributed by atoms with Crippen LogP contribution in [0.4, 0.5) is 0 Å². The van der Waals surface area contributed by atoms with Crippen LogP contribution in [0.5, 0.6) is 0 Å². The van der Waals surface area contributed by atoms with Gasteiger partial charge < -0.3 is 10.1 Å². The third kappa shape index (κ3) is 2.15. The predicted molar refractivity (Wildman–Crippen MR) is 53.9 cm³/mol. The highest BCUT2D eigenvalue weighted by Gasteiger charge is 2.29. The van der Waals surface area contributed by atoms with Gasteiger partial charge in [0, 0.05) is 12.1 Å². The number of esters is 1. The van der Waals surface area contributed by atoms with Crippen LogP contribution in [0.2, 0.25) is 0 Å². The highest BCUT2D eigenvalue weighted by atomic mass is 16.5. The minimum Gasteiger partial charge on any atom is -0.469 e. The lowest BCUT2D eigenvalue weighted by atomic mass is 9.98. The Hall–Kier alpha value is -0.830. The van der Waals surface area contributed by atoms with Gasteiger partial charge in [0.25, 0.3) is 0 Å². The van der Waals surface area contributed by atoms with Gasteiger partial charge >= 0.3 is 5.97 Å². The fourth-order valence-corrected chi connectivity index (χ4v) is 2.42. The third-order valence-electron chi connectivity index (χ3n) is 3.14. The summed E-state index contributed by atoms with van der Waals surface area (Å²) < 4.78 is 4.61. The summed E-state index contributed by atoms with van der Waals surface area (Å²) in [6.45, 7) is 0. The Balaban J connectivity index is 1.89. The summed E-state index contributed by atoms with van der Waals surface area (Å²) in [4.78, 5) is 11.0. The van der Waals surface area contributed by atoms with Crippen LogP contribution in [-0.2, 0) is 9.53 Å². The smallest absolute Gasteiger partial charge is 0.309 e. The molecule has 2 rings (SSSR count). The van der Waals surface area contributed by atoms with E-state index in [1.807, 2.05) is 0 Å². The molecule has 1 N–H and O–H groups in total. The van der Waals surface area contributed by atoms with Gasteiger partial charge in [-0.3, -0.25) is 4.79 Å². The molecule has 3 heteroatoms. The molecular formula is C11H17NO2. The molecule has 0 aromatic rings. The summed E-state index contributed by atoms with van der Waals surface area (Å²) in [6, 6.07) is 1.33. The van der Waals surface area contributed by atoms with Gasteiger partial charge in [0.1, 0.15) is 0 Å². The maximum Gasteiger partial charge on any atom is 0.309 e. The zero-order chi connectivity index (χ0) is 9.97. The van der Waals surface area contributed by atoms with E-state index < -0.39 is 0 Å². The third-order valence-corrected chi connectivity index (χ3v) is 3.14. The maximum absolute atomic E-state index is 11.0. The van der Waals surface area contributed by atoms with Crippen molar-refractivity contribution >= 4 is 5.97 Å². The summed E-state index contributed by atoms with van der Waals surface area (Å²) in [7, 11) is 1.44. The molecule has 14 heavy (non-hydrogen) atoms. The average molecular weight is 195 g/mol. The Kier molecular flexibility index (Phi) is 2.87.